The zero-order chi connectivity index (χ0) is 41.6. The van der Waals surface area contributed by atoms with Crippen molar-refractivity contribution in [1.29, 1.82) is 0 Å². The monoisotopic (exact) mass is 824 g/mol. The van der Waals surface area contributed by atoms with E-state index >= 15 is 0 Å². The molecule has 3 nitrogen and oxygen atoms in total. The van der Waals surface area contributed by atoms with Crippen molar-refractivity contribution in [3.8, 4) is 34.2 Å². The van der Waals surface area contributed by atoms with Crippen LogP contribution < -0.4 is 20.7 Å². The maximum Gasteiger partial charge on any atom is 0.179 e. The highest BCUT2D eigenvalue weighted by Gasteiger charge is 2.42. The lowest BCUT2D eigenvalue weighted by Crippen LogP contribution is -2.74. The summed E-state index contributed by atoms with van der Waals surface area (Å²) < 4.78 is 0. The van der Waals surface area contributed by atoms with Crippen LogP contribution in [0, 0.1) is 7.43 Å². The minimum Gasteiger partial charge on any atom is -0.358 e. The fourth-order valence-corrected chi connectivity index (χ4v) is 14.1. The summed E-state index contributed by atoms with van der Waals surface area (Å²) in [6.07, 6.45) is 0. The summed E-state index contributed by atoms with van der Waals surface area (Å²) in [4.78, 5) is 15.9. The van der Waals surface area contributed by atoms with Gasteiger partial charge in [-0.3, -0.25) is 0 Å². The van der Waals surface area contributed by atoms with Gasteiger partial charge in [-0.1, -0.05) is 255 Å². The molecule has 10 aromatic rings. The molecule has 0 bridgehead atoms. The van der Waals surface area contributed by atoms with E-state index in [9.17, 15) is 0 Å². The Kier molecular flexibility index (Phi) is 11.6. The number of aromatic nitrogens is 3. The zero-order valence-corrected chi connectivity index (χ0v) is 36.2. The van der Waals surface area contributed by atoms with Gasteiger partial charge in [-0.05, 0) is 49.1 Å². The lowest BCUT2D eigenvalue weighted by atomic mass is 9.65. The summed E-state index contributed by atoms with van der Waals surface area (Å²) in [6.45, 7) is 0. The SMILES string of the molecule is [CH3-].c1ccc(-c2nc(-c3cccc(C(c4ccccc4)(c4ccccc4)c4ccccc4)c3)nc(-c3cccc([Si](c4ccccc4)(c4ccccc4)c4ccccc4)c3)n2)cc1. The summed E-state index contributed by atoms with van der Waals surface area (Å²) in [6, 6.07) is 93.4. The van der Waals surface area contributed by atoms with Crippen LogP contribution in [0.3, 0.4) is 0 Å². The van der Waals surface area contributed by atoms with Crippen molar-refractivity contribution in [3.63, 3.8) is 0 Å². The Hall–Kier alpha value is -7.79. The van der Waals surface area contributed by atoms with Crippen molar-refractivity contribution in [2.24, 2.45) is 0 Å². The van der Waals surface area contributed by atoms with Gasteiger partial charge in [0.25, 0.3) is 0 Å². The van der Waals surface area contributed by atoms with Crippen LogP contribution >= 0.6 is 0 Å². The van der Waals surface area contributed by atoms with Gasteiger partial charge in [0.05, 0.1) is 5.41 Å². The smallest absolute Gasteiger partial charge is 0.179 e. The fourth-order valence-electron chi connectivity index (χ4n) is 9.26. The van der Waals surface area contributed by atoms with Crippen LogP contribution in [-0.2, 0) is 5.41 Å². The Labute approximate surface area is 372 Å². The van der Waals surface area contributed by atoms with E-state index in [0.717, 1.165) is 22.3 Å². The van der Waals surface area contributed by atoms with Crippen LogP contribution in [0.15, 0.2) is 261 Å². The number of benzene rings is 9. The molecular formula is C59H46N3Si-. The molecule has 0 aliphatic carbocycles. The Morgan fingerprint density at radius 2 is 0.540 bits per heavy atom. The molecule has 10 rings (SSSR count). The fraction of sp³-hybridized carbons (Fsp3) is 0.0169. The summed E-state index contributed by atoms with van der Waals surface area (Å²) in [5.74, 6) is 1.86. The molecule has 302 valence electrons. The molecule has 0 saturated heterocycles. The first-order valence-corrected chi connectivity index (χ1v) is 23.1. The van der Waals surface area contributed by atoms with E-state index in [-0.39, 0.29) is 7.43 Å². The summed E-state index contributed by atoms with van der Waals surface area (Å²) in [5.41, 5.74) is 6.81. The van der Waals surface area contributed by atoms with E-state index in [1.807, 2.05) is 18.2 Å². The van der Waals surface area contributed by atoms with Crippen molar-refractivity contribution in [2.75, 3.05) is 0 Å². The molecule has 63 heavy (non-hydrogen) atoms. The summed E-state index contributed by atoms with van der Waals surface area (Å²) in [7, 11) is -2.82. The van der Waals surface area contributed by atoms with Crippen LogP contribution in [0.1, 0.15) is 22.3 Å². The molecule has 1 heterocycles. The van der Waals surface area contributed by atoms with Gasteiger partial charge in [0.15, 0.2) is 25.5 Å². The molecule has 0 saturated carbocycles. The number of nitrogens with zero attached hydrogens (tertiary/aromatic N) is 3. The van der Waals surface area contributed by atoms with E-state index in [4.69, 9.17) is 15.0 Å². The highest BCUT2D eigenvalue weighted by molar-refractivity contribution is 7.19. The standard InChI is InChI=1S/C58H43N3Si.CH3/c1-8-24-44(25-9-1)55-59-56(45-26-22-34-50(42-45)58(47-28-10-2-11-29-47,48-30-12-3-13-31-48)49-32-14-4-15-33-49)61-57(60-55)46-27-23-41-54(43-46)62(51-35-16-5-17-36-51,52-37-18-6-19-38-52)53-39-20-7-21-40-53;/h1-43H;1H3/q;-1. The van der Waals surface area contributed by atoms with Crippen LogP contribution in [-0.4, -0.2) is 23.0 Å². The number of rotatable bonds is 11. The molecule has 0 spiro atoms. The van der Waals surface area contributed by atoms with E-state index in [1.165, 1.54) is 37.4 Å². The predicted octanol–water partition coefficient (Wildman–Crippen LogP) is 11.1. The molecule has 9 aromatic carbocycles. The highest BCUT2D eigenvalue weighted by atomic mass is 28.3. The molecule has 0 atom stereocenters. The molecule has 0 aliphatic heterocycles. The lowest BCUT2D eigenvalue weighted by Gasteiger charge is -2.37. The van der Waals surface area contributed by atoms with Gasteiger partial charge in [-0.2, -0.15) is 0 Å². The maximum absolute atomic E-state index is 5.38. The van der Waals surface area contributed by atoms with Crippen molar-refractivity contribution < 1.29 is 0 Å². The molecule has 0 radical (unpaired) electrons. The van der Waals surface area contributed by atoms with Gasteiger partial charge in [-0.25, -0.2) is 15.0 Å². The summed E-state index contributed by atoms with van der Waals surface area (Å²) >= 11 is 0. The second-order valence-electron chi connectivity index (χ2n) is 15.5. The van der Waals surface area contributed by atoms with Crippen molar-refractivity contribution >= 4 is 28.8 Å². The van der Waals surface area contributed by atoms with Crippen molar-refractivity contribution in [2.45, 2.75) is 5.41 Å². The van der Waals surface area contributed by atoms with Gasteiger partial charge in [0.1, 0.15) is 0 Å². The molecule has 0 unspecified atom stereocenters. The van der Waals surface area contributed by atoms with Crippen LogP contribution in [0.5, 0.6) is 0 Å². The topological polar surface area (TPSA) is 38.7 Å². The molecule has 0 N–H and O–H groups in total. The summed E-state index contributed by atoms with van der Waals surface area (Å²) in [5, 5.41) is 5.19. The van der Waals surface area contributed by atoms with Gasteiger partial charge in [0.2, 0.25) is 0 Å². The number of hydrogen-bond donors (Lipinski definition) is 0. The third-order valence-corrected chi connectivity index (χ3v) is 16.8. The number of hydrogen-bond acceptors (Lipinski definition) is 3. The van der Waals surface area contributed by atoms with Crippen molar-refractivity contribution in [1.82, 2.24) is 15.0 Å². The van der Waals surface area contributed by atoms with E-state index in [0.29, 0.717) is 17.5 Å². The largest absolute Gasteiger partial charge is 0.358 e. The van der Waals surface area contributed by atoms with E-state index < -0.39 is 13.5 Å². The first kappa shape index (κ1) is 40.6. The lowest BCUT2D eigenvalue weighted by molar-refractivity contribution is 0.745. The molecule has 0 aliphatic rings. The average Bonchev–Trinajstić information content (AvgIpc) is 3.37. The first-order valence-electron chi connectivity index (χ1n) is 21.1. The zero-order valence-electron chi connectivity index (χ0n) is 35.2. The molecule has 1 aromatic heterocycles. The normalized spacial score (nSPS) is 11.4. The van der Waals surface area contributed by atoms with Gasteiger partial charge in [0, 0.05) is 16.7 Å². The van der Waals surface area contributed by atoms with Crippen LogP contribution in [0.2, 0.25) is 0 Å². The second-order valence-corrected chi connectivity index (χ2v) is 19.3. The molecule has 0 amide bonds. The Morgan fingerprint density at radius 1 is 0.254 bits per heavy atom. The molecule has 0 fully saturated rings. The average molecular weight is 825 g/mol. The quantitative estimate of drug-likeness (QED) is 0.0741. The minimum absolute atomic E-state index is 0. The van der Waals surface area contributed by atoms with E-state index in [2.05, 4.69) is 243 Å². The first-order chi connectivity index (χ1) is 30.7. The van der Waals surface area contributed by atoms with Gasteiger partial charge >= 0.3 is 0 Å². The van der Waals surface area contributed by atoms with Crippen LogP contribution in [0.4, 0.5) is 0 Å². The van der Waals surface area contributed by atoms with E-state index in [1.54, 1.807) is 0 Å². The third kappa shape index (κ3) is 7.52. The predicted molar refractivity (Wildman–Crippen MR) is 264 cm³/mol. The van der Waals surface area contributed by atoms with Gasteiger partial charge < -0.3 is 7.43 Å². The Bertz CT molecular complexity index is 2660. The minimum atomic E-state index is -2.82. The Morgan fingerprint density at radius 3 is 0.952 bits per heavy atom. The highest BCUT2D eigenvalue weighted by Crippen LogP contribution is 2.45. The van der Waals surface area contributed by atoms with Crippen molar-refractivity contribution in [3.05, 3.63) is 291 Å². The molecular weight excluding hydrogens is 779 g/mol. The maximum atomic E-state index is 5.38. The van der Waals surface area contributed by atoms with Gasteiger partial charge in [-0.15, -0.1) is 0 Å². The molecule has 4 heteroatoms. The van der Waals surface area contributed by atoms with Crippen LogP contribution in [0.25, 0.3) is 34.2 Å². The second kappa shape index (κ2) is 18.0. The Balaban J connectivity index is 0.00000504. The third-order valence-electron chi connectivity index (χ3n) is 12.0.